The lowest BCUT2D eigenvalue weighted by Gasteiger charge is -2.36. The van der Waals surface area contributed by atoms with Gasteiger partial charge in [0.25, 0.3) is 0 Å². The van der Waals surface area contributed by atoms with Crippen LogP contribution in [0.25, 0.3) is 0 Å². The fourth-order valence-electron chi connectivity index (χ4n) is 3.17. The molecule has 0 aliphatic heterocycles. The van der Waals surface area contributed by atoms with E-state index in [4.69, 9.17) is 4.74 Å². The first kappa shape index (κ1) is 17.5. The Hall–Kier alpha value is -2.34. The van der Waals surface area contributed by atoms with Crippen LogP contribution in [0.15, 0.2) is 41.8 Å². The van der Waals surface area contributed by atoms with Crippen LogP contribution in [-0.2, 0) is 22.7 Å². The third-order valence-electron chi connectivity index (χ3n) is 4.70. The molecular formula is C19H21NO4S. The minimum Gasteiger partial charge on any atom is -0.496 e. The number of nitrogens with zero attached hydrogens (tertiary/aromatic N) is 1. The summed E-state index contributed by atoms with van der Waals surface area (Å²) in [6.45, 7) is 0.890. The number of aliphatic carboxylic acids is 1. The number of carbonyl (C=O) groups excluding carboxylic acids is 1. The van der Waals surface area contributed by atoms with E-state index < -0.39 is 17.8 Å². The second-order valence-electron chi connectivity index (χ2n) is 6.21. The summed E-state index contributed by atoms with van der Waals surface area (Å²) in [5.41, 5.74) is 0.918. The standard InChI is InChI=1S/C19H21NO4S/c1-24-17-7-3-2-5-13(17)11-20(12-14-6-4-10-25-14)18(21)15-8-9-16(15)19(22)23/h2-7,10,15-16H,8-9,11-12H2,1H3,(H,22,23). The van der Waals surface area contributed by atoms with Crippen molar-refractivity contribution in [1.29, 1.82) is 0 Å². The number of carbonyl (C=O) groups is 2. The normalized spacial score (nSPS) is 19.1. The number of thiophene rings is 1. The second-order valence-corrected chi connectivity index (χ2v) is 7.25. The number of rotatable bonds is 7. The molecule has 132 valence electrons. The van der Waals surface area contributed by atoms with Crippen LogP contribution in [0.4, 0.5) is 0 Å². The molecule has 0 radical (unpaired) electrons. The SMILES string of the molecule is COc1ccccc1CN(Cc1cccs1)C(=O)C1CCC1C(=O)O. The molecule has 2 unspecified atom stereocenters. The number of benzene rings is 1. The molecule has 3 rings (SSSR count). The zero-order valence-corrected chi connectivity index (χ0v) is 14.9. The van der Waals surface area contributed by atoms with Gasteiger partial charge in [0.15, 0.2) is 0 Å². The third-order valence-corrected chi connectivity index (χ3v) is 5.56. The van der Waals surface area contributed by atoms with Gasteiger partial charge in [0.2, 0.25) is 5.91 Å². The zero-order valence-electron chi connectivity index (χ0n) is 14.1. The number of methoxy groups -OCH3 is 1. The van der Waals surface area contributed by atoms with E-state index in [1.807, 2.05) is 41.8 Å². The van der Waals surface area contributed by atoms with E-state index in [0.29, 0.717) is 25.9 Å². The predicted molar refractivity (Wildman–Crippen MR) is 95.4 cm³/mol. The Bertz CT molecular complexity index is 744. The van der Waals surface area contributed by atoms with Crippen molar-refractivity contribution in [2.75, 3.05) is 7.11 Å². The Morgan fingerprint density at radius 1 is 1.16 bits per heavy atom. The molecule has 0 saturated heterocycles. The lowest BCUT2D eigenvalue weighted by molar-refractivity contribution is -0.157. The van der Waals surface area contributed by atoms with Crippen molar-refractivity contribution in [1.82, 2.24) is 4.90 Å². The monoisotopic (exact) mass is 359 g/mol. The average Bonchev–Trinajstić information content (AvgIpc) is 3.06. The Morgan fingerprint density at radius 2 is 1.92 bits per heavy atom. The quantitative estimate of drug-likeness (QED) is 0.823. The highest BCUT2D eigenvalue weighted by atomic mass is 32.1. The first-order valence-corrected chi connectivity index (χ1v) is 9.14. The van der Waals surface area contributed by atoms with Crippen LogP contribution in [0.5, 0.6) is 5.75 Å². The van der Waals surface area contributed by atoms with Gasteiger partial charge in [-0.3, -0.25) is 9.59 Å². The number of hydrogen-bond donors (Lipinski definition) is 1. The van der Waals surface area contributed by atoms with E-state index in [9.17, 15) is 14.7 Å². The number of carboxylic acid groups (broad SMARTS) is 1. The molecule has 1 aliphatic rings. The van der Waals surface area contributed by atoms with Crippen molar-refractivity contribution in [3.63, 3.8) is 0 Å². The molecule has 5 nitrogen and oxygen atoms in total. The summed E-state index contributed by atoms with van der Waals surface area (Å²) in [6, 6.07) is 11.5. The Labute approximate surface area is 150 Å². The largest absolute Gasteiger partial charge is 0.496 e. The summed E-state index contributed by atoms with van der Waals surface area (Å²) >= 11 is 1.59. The van der Waals surface area contributed by atoms with Gasteiger partial charge in [-0.25, -0.2) is 0 Å². The summed E-state index contributed by atoms with van der Waals surface area (Å²) in [4.78, 5) is 27.1. The van der Waals surface area contributed by atoms with Gasteiger partial charge < -0.3 is 14.7 Å². The van der Waals surface area contributed by atoms with Crippen LogP contribution in [-0.4, -0.2) is 29.0 Å². The molecule has 1 amide bonds. The molecule has 0 spiro atoms. The lowest BCUT2D eigenvalue weighted by atomic mass is 9.73. The predicted octanol–water partition coefficient (Wildman–Crippen LogP) is 3.40. The molecule has 1 saturated carbocycles. The highest BCUT2D eigenvalue weighted by Gasteiger charge is 2.43. The van der Waals surface area contributed by atoms with E-state index in [1.54, 1.807) is 23.3 Å². The second kappa shape index (κ2) is 7.70. The van der Waals surface area contributed by atoms with Crippen LogP contribution in [0, 0.1) is 11.8 Å². The summed E-state index contributed by atoms with van der Waals surface area (Å²) in [6.07, 6.45) is 1.22. The maximum Gasteiger partial charge on any atom is 0.307 e. The zero-order chi connectivity index (χ0) is 17.8. The minimum atomic E-state index is -0.877. The summed E-state index contributed by atoms with van der Waals surface area (Å²) in [5, 5.41) is 11.3. The molecule has 2 atom stereocenters. The van der Waals surface area contributed by atoms with Crippen LogP contribution in [0.2, 0.25) is 0 Å². The Kier molecular flexibility index (Phi) is 5.38. The van der Waals surface area contributed by atoms with Crippen molar-refractivity contribution in [3.05, 3.63) is 52.2 Å². The average molecular weight is 359 g/mol. The molecule has 1 fully saturated rings. The smallest absolute Gasteiger partial charge is 0.307 e. The topological polar surface area (TPSA) is 66.8 Å². The Morgan fingerprint density at radius 3 is 2.52 bits per heavy atom. The van der Waals surface area contributed by atoms with Gasteiger partial charge in [0.1, 0.15) is 5.75 Å². The molecule has 1 aromatic heterocycles. The molecule has 1 heterocycles. The highest BCUT2D eigenvalue weighted by Crippen LogP contribution is 2.37. The molecule has 2 aromatic rings. The summed E-state index contributed by atoms with van der Waals surface area (Å²) in [5.74, 6) is -1.21. The number of para-hydroxylation sites is 1. The number of amides is 1. The van der Waals surface area contributed by atoms with Gasteiger partial charge in [0.05, 0.1) is 25.5 Å². The lowest BCUT2D eigenvalue weighted by Crippen LogP contribution is -2.45. The van der Waals surface area contributed by atoms with Crippen LogP contribution >= 0.6 is 11.3 Å². The van der Waals surface area contributed by atoms with Gasteiger partial charge in [0, 0.05) is 17.0 Å². The van der Waals surface area contributed by atoms with Crippen molar-refractivity contribution < 1.29 is 19.4 Å². The Balaban J connectivity index is 1.82. The van der Waals surface area contributed by atoms with Crippen LogP contribution in [0.3, 0.4) is 0 Å². The van der Waals surface area contributed by atoms with Crippen molar-refractivity contribution >= 4 is 23.2 Å². The van der Waals surface area contributed by atoms with E-state index in [1.165, 1.54) is 0 Å². The highest BCUT2D eigenvalue weighted by molar-refractivity contribution is 7.09. The summed E-state index contributed by atoms with van der Waals surface area (Å²) in [7, 11) is 1.61. The van der Waals surface area contributed by atoms with Gasteiger partial charge in [-0.2, -0.15) is 0 Å². The van der Waals surface area contributed by atoms with E-state index in [-0.39, 0.29) is 5.91 Å². The number of carboxylic acids is 1. The fourth-order valence-corrected chi connectivity index (χ4v) is 3.89. The molecule has 25 heavy (non-hydrogen) atoms. The minimum absolute atomic E-state index is 0.0852. The first-order chi connectivity index (χ1) is 12.1. The van der Waals surface area contributed by atoms with Gasteiger partial charge in [-0.05, 0) is 30.4 Å². The van der Waals surface area contributed by atoms with E-state index in [0.717, 1.165) is 16.2 Å². The van der Waals surface area contributed by atoms with Gasteiger partial charge >= 0.3 is 5.97 Å². The van der Waals surface area contributed by atoms with Gasteiger partial charge in [-0.1, -0.05) is 24.3 Å². The fraction of sp³-hybridized carbons (Fsp3) is 0.368. The van der Waals surface area contributed by atoms with Crippen molar-refractivity contribution in [3.8, 4) is 5.75 Å². The van der Waals surface area contributed by atoms with Gasteiger partial charge in [-0.15, -0.1) is 11.3 Å². The number of ether oxygens (including phenoxy) is 1. The first-order valence-electron chi connectivity index (χ1n) is 8.26. The molecular weight excluding hydrogens is 338 g/mol. The van der Waals surface area contributed by atoms with Crippen LogP contribution < -0.4 is 4.74 Å². The molecule has 1 aliphatic carbocycles. The molecule has 0 bridgehead atoms. The maximum absolute atomic E-state index is 13.0. The van der Waals surface area contributed by atoms with E-state index >= 15 is 0 Å². The molecule has 6 heteroatoms. The maximum atomic E-state index is 13.0. The third kappa shape index (κ3) is 3.85. The van der Waals surface area contributed by atoms with Crippen molar-refractivity contribution in [2.45, 2.75) is 25.9 Å². The molecule has 1 aromatic carbocycles. The van der Waals surface area contributed by atoms with E-state index in [2.05, 4.69) is 0 Å². The molecule has 1 N–H and O–H groups in total. The van der Waals surface area contributed by atoms with Crippen molar-refractivity contribution in [2.24, 2.45) is 11.8 Å². The summed E-state index contributed by atoms with van der Waals surface area (Å²) < 4.78 is 5.39. The number of hydrogen-bond acceptors (Lipinski definition) is 4. The van der Waals surface area contributed by atoms with Crippen LogP contribution in [0.1, 0.15) is 23.3 Å².